The number of nitrogens with zero attached hydrogens (tertiary/aromatic N) is 3. The molecule has 0 fully saturated rings. The van der Waals surface area contributed by atoms with Gasteiger partial charge in [0.25, 0.3) is 0 Å². The SMILES string of the molecule is O=C(Cn1cncn1)NCCCSc1ccccc1. The Bertz CT molecular complexity index is 487. The number of nitrogens with one attached hydrogen (secondary N) is 1. The highest BCUT2D eigenvalue weighted by molar-refractivity contribution is 7.99. The molecule has 0 aliphatic carbocycles. The van der Waals surface area contributed by atoms with Gasteiger partial charge < -0.3 is 5.32 Å². The zero-order valence-electron chi connectivity index (χ0n) is 10.5. The van der Waals surface area contributed by atoms with Gasteiger partial charge in [0.1, 0.15) is 19.2 Å². The summed E-state index contributed by atoms with van der Waals surface area (Å²) in [4.78, 5) is 16.6. The third-order valence-electron chi connectivity index (χ3n) is 2.43. The molecule has 2 rings (SSSR count). The van der Waals surface area contributed by atoms with Crippen molar-refractivity contribution in [1.82, 2.24) is 20.1 Å². The van der Waals surface area contributed by atoms with Crippen molar-refractivity contribution in [3.8, 4) is 0 Å². The van der Waals surface area contributed by atoms with Crippen molar-refractivity contribution in [2.75, 3.05) is 12.3 Å². The molecule has 6 heteroatoms. The number of carbonyl (C=O) groups is 1. The lowest BCUT2D eigenvalue weighted by Gasteiger charge is -2.05. The summed E-state index contributed by atoms with van der Waals surface area (Å²) in [6, 6.07) is 10.3. The van der Waals surface area contributed by atoms with Gasteiger partial charge in [0.2, 0.25) is 5.91 Å². The monoisotopic (exact) mass is 276 g/mol. The van der Waals surface area contributed by atoms with Gasteiger partial charge >= 0.3 is 0 Å². The maximum absolute atomic E-state index is 11.5. The van der Waals surface area contributed by atoms with Crippen LogP contribution in [0.2, 0.25) is 0 Å². The molecule has 0 aliphatic heterocycles. The molecule has 19 heavy (non-hydrogen) atoms. The van der Waals surface area contributed by atoms with E-state index in [9.17, 15) is 4.79 Å². The molecular weight excluding hydrogens is 260 g/mol. The van der Waals surface area contributed by atoms with E-state index in [0.29, 0.717) is 6.54 Å². The fourth-order valence-corrected chi connectivity index (χ4v) is 2.40. The Balaban J connectivity index is 1.56. The fraction of sp³-hybridized carbons (Fsp3) is 0.308. The average molecular weight is 276 g/mol. The third-order valence-corrected chi connectivity index (χ3v) is 3.53. The Hall–Kier alpha value is -1.82. The molecular formula is C13H16N4OS. The van der Waals surface area contributed by atoms with Crippen LogP contribution in [0.4, 0.5) is 0 Å². The van der Waals surface area contributed by atoms with Crippen LogP contribution in [-0.2, 0) is 11.3 Å². The summed E-state index contributed by atoms with van der Waals surface area (Å²) >= 11 is 1.80. The predicted molar refractivity (Wildman–Crippen MR) is 74.8 cm³/mol. The van der Waals surface area contributed by atoms with Crippen LogP contribution >= 0.6 is 11.8 Å². The van der Waals surface area contributed by atoms with E-state index >= 15 is 0 Å². The molecule has 0 saturated heterocycles. The van der Waals surface area contributed by atoms with E-state index in [2.05, 4.69) is 27.5 Å². The van der Waals surface area contributed by atoms with Crippen molar-refractivity contribution in [3.63, 3.8) is 0 Å². The summed E-state index contributed by atoms with van der Waals surface area (Å²) in [5.41, 5.74) is 0. The molecule has 0 saturated carbocycles. The summed E-state index contributed by atoms with van der Waals surface area (Å²) in [5.74, 6) is 0.961. The van der Waals surface area contributed by atoms with Crippen molar-refractivity contribution >= 4 is 17.7 Å². The molecule has 1 aromatic carbocycles. The molecule has 0 bridgehead atoms. The van der Waals surface area contributed by atoms with E-state index < -0.39 is 0 Å². The van der Waals surface area contributed by atoms with Crippen LogP contribution in [0.25, 0.3) is 0 Å². The quantitative estimate of drug-likeness (QED) is 0.616. The van der Waals surface area contributed by atoms with Crippen LogP contribution in [0.5, 0.6) is 0 Å². The fourth-order valence-electron chi connectivity index (χ4n) is 1.52. The Kier molecular flexibility index (Phi) is 5.43. The molecule has 0 unspecified atom stereocenters. The van der Waals surface area contributed by atoms with Crippen molar-refractivity contribution in [2.24, 2.45) is 0 Å². The van der Waals surface area contributed by atoms with Crippen LogP contribution in [0.3, 0.4) is 0 Å². The van der Waals surface area contributed by atoms with E-state index in [1.807, 2.05) is 18.2 Å². The number of amides is 1. The van der Waals surface area contributed by atoms with Crippen LogP contribution in [0, 0.1) is 0 Å². The Morgan fingerprint density at radius 1 is 1.32 bits per heavy atom. The van der Waals surface area contributed by atoms with E-state index in [1.54, 1.807) is 11.8 Å². The Morgan fingerprint density at radius 2 is 2.16 bits per heavy atom. The summed E-state index contributed by atoms with van der Waals surface area (Å²) < 4.78 is 1.51. The van der Waals surface area contributed by atoms with Crippen molar-refractivity contribution in [2.45, 2.75) is 17.9 Å². The molecule has 0 atom stereocenters. The minimum atomic E-state index is -0.0322. The van der Waals surface area contributed by atoms with Crippen LogP contribution in [0.15, 0.2) is 47.9 Å². The maximum atomic E-state index is 11.5. The molecule has 1 N–H and O–H groups in total. The van der Waals surface area contributed by atoms with Gasteiger partial charge in [0, 0.05) is 11.4 Å². The summed E-state index contributed by atoms with van der Waals surface area (Å²) in [6.07, 6.45) is 3.90. The van der Waals surface area contributed by atoms with Gasteiger partial charge in [0.05, 0.1) is 0 Å². The number of hydrogen-bond acceptors (Lipinski definition) is 4. The topological polar surface area (TPSA) is 59.8 Å². The van der Waals surface area contributed by atoms with Crippen LogP contribution in [-0.4, -0.2) is 33.0 Å². The molecule has 100 valence electrons. The number of carbonyl (C=O) groups excluding carboxylic acids is 1. The zero-order valence-corrected chi connectivity index (χ0v) is 11.3. The highest BCUT2D eigenvalue weighted by Crippen LogP contribution is 2.17. The molecule has 5 nitrogen and oxygen atoms in total. The lowest BCUT2D eigenvalue weighted by molar-refractivity contribution is -0.121. The first-order chi connectivity index (χ1) is 9.34. The van der Waals surface area contributed by atoms with Crippen LogP contribution < -0.4 is 5.32 Å². The van der Waals surface area contributed by atoms with Gasteiger partial charge in [-0.2, -0.15) is 5.10 Å². The second-order valence-electron chi connectivity index (χ2n) is 3.96. The lowest BCUT2D eigenvalue weighted by atomic mass is 10.4. The zero-order chi connectivity index (χ0) is 13.3. The molecule has 1 heterocycles. The van der Waals surface area contributed by atoms with Gasteiger partial charge in [-0.1, -0.05) is 18.2 Å². The van der Waals surface area contributed by atoms with Gasteiger partial charge in [-0.05, 0) is 24.3 Å². The summed E-state index contributed by atoms with van der Waals surface area (Å²) in [6.45, 7) is 0.916. The average Bonchev–Trinajstić information content (AvgIpc) is 2.92. The molecule has 0 aliphatic rings. The minimum Gasteiger partial charge on any atom is -0.354 e. The lowest BCUT2D eigenvalue weighted by Crippen LogP contribution is -2.28. The maximum Gasteiger partial charge on any atom is 0.241 e. The number of rotatable bonds is 7. The first-order valence-corrected chi connectivity index (χ1v) is 7.10. The van der Waals surface area contributed by atoms with E-state index in [4.69, 9.17) is 0 Å². The second-order valence-corrected chi connectivity index (χ2v) is 5.13. The molecule has 0 radical (unpaired) electrons. The standard InChI is InChI=1S/C13H16N4OS/c18-13(9-17-11-14-10-16-17)15-7-4-8-19-12-5-2-1-3-6-12/h1-3,5-6,10-11H,4,7-9H2,(H,15,18). The van der Waals surface area contributed by atoms with E-state index in [-0.39, 0.29) is 12.5 Å². The highest BCUT2D eigenvalue weighted by Gasteiger charge is 2.02. The summed E-state index contributed by atoms with van der Waals surface area (Å²) in [5, 5.41) is 6.75. The third kappa shape index (κ3) is 5.13. The van der Waals surface area contributed by atoms with Crippen molar-refractivity contribution < 1.29 is 4.79 Å². The normalized spacial score (nSPS) is 10.3. The molecule has 1 amide bonds. The Morgan fingerprint density at radius 3 is 2.89 bits per heavy atom. The van der Waals surface area contributed by atoms with E-state index in [0.717, 1.165) is 12.2 Å². The van der Waals surface area contributed by atoms with Crippen LogP contribution in [0.1, 0.15) is 6.42 Å². The van der Waals surface area contributed by atoms with Gasteiger partial charge in [0.15, 0.2) is 0 Å². The minimum absolute atomic E-state index is 0.0322. The number of benzene rings is 1. The number of aromatic nitrogens is 3. The first-order valence-electron chi connectivity index (χ1n) is 6.11. The number of thioether (sulfide) groups is 1. The summed E-state index contributed by atoms with van der Waals surface area (Å²) in [7, 11) is 0. The van der Waals surface area contributed by atoms with Crippen molar-refractivity contribution in [1.29, 1.82) is 0 Å². The first kappa shape index (κ1) is 13.6. The predicted octanol–water partition coefficient (Wildman–Crippen LogP) is 1.58. The van der Waals surface area contributed by atoms with E-state index in [1.165, 1.54) is 22.2 Å². The smallest absolute Gasteiger partial charge is 0.241 e. The highest BCUT2D eigenvalue weighted by atomic mass is 32.2. The largest absolute Gasteiger partial charge is 0.354 e. The van der Waals surface area contributed by atoms with Gasteiger partial charge in [-0.25, -0.2) is 9.67 Å². The van der Waals surface area contributed by atoms with Gasteiger partial charge in [-0.15, -0.1) is 11.8 Å². The second kappa shape index (κ2) is 7.58. The molecule has 2 aromatic rings. The molecule has 0 spiro atoms. The molecule has 1 aromatic heterocycles. The Labute approximate surface area is 116 Å². The number of hydrogen-bond donors (Lipinski definition) is 1. The van der Waals surface area contributed by atoms with Crippen molar-refractivity contribution in [3.05, 3.63) is 43.0 Å². The van der Waals surface area contributed by atoms with Gasteiger partial charge in [-0.3, -0.25) is 4.79 Å².